The van der Waals surface area contributed by atoms with E-state index in [0.717, 1.165) is 0 Å². The van der Waals surface area contributed by atoms with Gasteiger partial charge >= 0.3 is 0 Å². The van der Waals surface area contributed by atoms with Crippen LogP contribution >= 0.6 is 0 Å². The van der Waals surface area contributed by atoms with Crippen LogP contribution in [0.5, 0.6) is 11.5 Å². The average Bonchev–Trinajstić information content (AvgIpc) is 2.68. The molecule has 1 aliphatic heterocycles. The van der Waals surface area contributed by atoms with Gasteiger partial charge in [-0.2, -0.15) is 5.26 Å². The molecule has 1 aromatic carbocycles. The number of amides is 2. The molecule has 0 aliphatic carbocycles. The number of benzene rings is 1. The lowest BCUT2D eigenvalue weighted by molar-refractivity contribution is -0.136. The normalized spacial score (nSPS) is 14.5. The Hall–Kier alpha value is -3.21. The molecule has 26 heavy (non-hydrogen) atoms. The first-order chi connectivity index (χ1) is 12.5. The van der Waals surface area contributed by atoms with E-state index in [1.54, 1.807) is 35.1 Å². The summed E-state index contributed by atoms with van der Waals surface area (Å²) in [5.41, 5.74) is 0.556. The van der Waals surface area contributed by atoms with Crippen LogP contribution in [0.4, 0.5) is 5.69 Å². The number of ether oxygens (including phenoxy) is 2. The van der Waals surface area contributed by atoms with Crippen LogP contribution in [0.1, 0.15) is 6.92 Å². The molecule has 138 valence electrons. The Morgan fingerprint density at radius 3 is 2.35 bits per heavy atom. The molecule has 1 fully saturated rings. The van der Waals surface area contributed by atoms with Crippen molar-refractivity contribution >= 4 is 17.5 Å². The van der Waals surface area contributed by atoms with Crippen molar-refractivity contribution in [1.29, 1.82) is 5.26 Å². The molecular formula is C18H22N4O4. The van der Waals surface area contributed by atoms with Crippen LogP contribution in [0.3, 0.4) is 0 Å². The van der Waals surface area contributed by atoms with Gasteiger partial charge in [0.05, 0.1) is 19.9 Å². The quantitative estimate of drug-likeness (QED) is 0.628. The van der Waals surface area contributed by atoms with Crippen LogP contribution in [0.2, 0.25) is 0 Å². The first kappa shape index (κ1) is 19.1. The highest BCUT2D eigenvalue weighted by molar-refractivity contribution is 5.97. The summed E-state index contributed by atoms with van der Waals surface area (Å²) in [6.07, 6.45) is 1.36. The summed E-state index contributed by atoms with van der Waals surface area (Å²) < 4.78 is 10.4. The van der Waals surface area contributed by atoms with Gasteiger partial charge in [0.15, 0.2) is 0 Å². The molecule has 0 atom stereocenters. The second-order valence-electron chi connectivity index (χ2n) is 5.68. The number of carbonyl (C=O) groups excluding carboxylic acids is 2. The Morgan fingerprint density at radius 1 is 1.15 bits per heavy atom. The van der Waals surface area contributed by atoms with Gasteiger partial charge in [0.1, 0.15) is 23.1 Å². The van der Waals surface area contributed by atoms with Gasteiger partial charge in [-0.1, -0.05) is 0 Å². The van der Waals surface area contributed by atoms with E-state index in [9.17, 15) is 14.9 Å². The number of nitrogens with zero attached hydrogens (tertiary/aromatic N) is 3. The zero-order valence-electron chi connectivity index (χ0n) is 15.1. The third-order valence-electron chi connectivity index (χ3n) is 4.14. The number of methoxy groups -OCH3 is 2. The summed E-state index contributed by atoms with van der Waals surface area (Å²) >= 11 is 0. The second-order valence-corrected chi connectivity index (χ2v) is 5.68. The summed E-state index contributed by atoms with van der Waals surface area (Å²) in [7, 11) is 3.08. The highest BCUT2D eigenvalue weighted by atomic mass is 16.5. The summed E-state index contributed by atoms with van der Waals surface area (Å²) in [6.45, 7) is 3.25. The predicted molar refractivity (Wildman–Crippen MR) is 95.7 cm³/mol. The van der Waals surface area contributed by atoms with Crippen molar-refractivity contribution < 1.29 is 19.1 Å². The zero-order chi connectivity index (χ0) is 19.1. The van der Waals surface area contributed by atoms with Gasteiger partial charge in [-0.15, -0.1) is 0 Å². The second kappa shape index (κ2) is 8.76. The Kier molecular flexibility index (Phi) is 6.44. The number of hydrogen-bond acceptors (Lipinski definition) is 6. The van der Waals surface area contributed by atoms with Gasteiger partial charge < -0.3 is 24.6 Å². The maximum absolute atomic E-state index is 12.5. The van der Waals surface area contributed by atoms with Crippen molar-refractivity contribution in [2.75, 3.05) is 45.7 Å². The fourth-order valence-electron chi connectivity index (χ4n) is 2.61. The van der Waals surface area contributed by atoms with Gasteiger partial charge in [-0.25, -0.2) is 0 Å². The lowest BCUT2D eigenvalue weighted by Crippen LogP contribution is -2.50. The first-order valence-electron chi connectivity index (χ1n) is 8.13. The minimum Gasteiger partial charge on any atom is -0.497 e. The summed E-state index contributed by atoms with van der Waals surface area (Å²) in [5.74, 6) is 0.791. The van der Waals surface area contributed by atoms with Gasteiger partial charge in [-0.05, 0) is 12.1 Å². The molecule has 1 aromatic rings. The maximum Gasteiger partial charge on any atom is 0.266 e. The minimum atomic E-state index is -0.370. The van der Waals surface area contributed by atoms with Gasteiger partial charge in [0, 0.05) is 45.4 Å². The molecule has 1 aliphatic rings. The third-order valence-corrected chi connectivity index (χ3v) is 4.14. The largest absolute Gasteiger partial charge is 0.497 e. The number of carbonyl (C=O) groups is 2. The van der Waals surface area contributed by atoms with E-state index in [4.69, 9.17) is 9.47 Å². The van der Waals surface area contributed by atoms with Crippen molar-refractivity contribution in [1.82, 2.24) is 9.80 Å². The molecule has 8 nitrogen and oxygen atoms in total. The number of rotatable bonds is 5. The molecule has 2 amide bonds. The van der Waals surface area contributed by atoms with Gasteiger partial charge in [-0.3, -0.25) is 9.59 Å². The smallest absolute Gasteiger partial charge is 0.266 e. The molecule has 1 heterocycles. The molecule has 8 heteroatoms. The lowest BCUT2D eigenvalue weighted by Gasteiger charge is -2.34. The Labute approximate surface area is 152 Å². The Morgan fingerprint density at radius 2 is 1.81 bits per heavy atom. The van der Waals surface area contributed by atoms with Gasteiger partial charge in [0.2, 0.25) is 5.91 Å². The van der Waals surface area contributed by atoms with Crippen molar-refractivity contribution in [3.05, 3.63) is 30.0 Å². The topological polar surface area (TPSA) is 94.9 Å². The number of anilines is 1. The van der Waals surface area contributed by atoms with Crippen molar-refractivity contribution in [2.24, 2.45) is 0 Å². The molecule has 0 unspecified atom stereocenters. The van der Waals surface area contributed by atoms with Gasteiger partial charge in [0.25, 0.3) is 5.91 Å². The number of piperazine rings is 1. The molecule has 0 bridgehead atoms. The van der Waals surface area contributed by atoms with Crippen molar-refractivity contribution in [3.63, 3.8) is 0 Å². The molecule has 0 aromatic heterocycles. The Bertz CT molecular complexity index is 746. The fourth-order valence-corrected chi connectivity index (χ4v) is 2.61. The van der Waals surface area contributed by atoms with Crippen LogP contribution < -0.4 is 14.8 Å². The van der Waals surface area contributed by atoms with E-state index in [2.05, 4.69) is 5.32 Å². The van der Waals surface area contributed by atoms with E-state index >= 15 is 0 Å². The Balaban J connectivity index is 2.10. The van der Waals surface area contributed by atoms with E-state index in [0.29, 0.717) is 43.4 Å². The monoisotopic (exact) mass is 358 g/mol. The van der Waals surface area contributed by atoms with Crippen LogP contribution in [0.25, 0.3) is 0 Å². The van der Waals surface area contributed by atoms with Crippen LogP contribution in [-0.2, 0) is 9.59 Å². The third kappa shape index (κ3) is 4.45. The van der Waals surface area contributed by atoms with E-state index in [-0.39, 0.29) is 17.4 Å². The highest BCUT2D eigenvalue weighted by Gasteiger charge is 2.24. The lowest BCUT2D eigenvalue weighted by atomic mass is 10.2. The van der Waals surface area contributed by atoms with Crippen molar-refractivity contribution in [3.8, 4) is 17.6 Å². The number of hydrogen-bond donors (Lipinski definition) is 1. The summed E-state index contributed by atoms with van der Waals surface area (Å²) in [5, 5.41) is 12.3. The predicted octanol–water partition coefficient (Wildman–Crippen LogP) is 1.21. The molecule has 0 saturated carbocycles. The molecule has 0 spiro atoms. The van der Waals surface area contributed by atoms with E-state index in [1.165, 1.54) is 20.2 Å². The average molecular weight is 358 g/mol. The number of nitrogens with one attached hydrogen (secondary N) is 1. The van der Waals surface area contributed by atoms with Crippen LogP contribution in [0.15, 0.2) is 30.0 Å². The molecule has 0 radical (unpaired) electrons. The highest BCUT2D eigenvalue weighted by Crippen LogP contribution is 2.29. The van der Waals surface area contributed by atoms with Crippen LogP contribution in [0, 0.1) is 11.3 Å². The van der Waals surface area contributed by atoms with E-state index in [1.807, 2.05) is 6.07 Å². The number of nitriles is 1. The molecule has 1 saturated heterocycles. The molecular weight excluding hydrogens is 336 g/mol. The minimum absolute atomic E-state index is 0.0139. The summed E-state index contributed by atoms with van der Waals surface area (Å²) in [4.78, 5) is 27.2. The van der Waals surface area contributed by atoms with Crippen molar-refractivity contribution in [2.45, 2.75) is 6.92 Å². The zero-order valence-corrected chi connectivity index (χ0v) is 15.1. The standard InChI is InChI=1S/C18H22N4O4/c1-13(23)21-6-8-22(9-7-21)18(24)14(11-19)12-20-16-10-15(25-2)4-5-17(16)26-3/h4-5,10,12,20H,6-9H2,1-3H3/b14-12-. The molecule has 2 rings (SSSR count). The SMILES string of the molecule is COc1ccc(OC)c(N/C=C(/C#N)C(=O)N2CCN(C(C)=O)CC2)c1. The summed E-state index contributed by atoms with van der Waals surface area (Å²) in [6, 6.07) is 7.11. The van der Waals surface area contributed by atoms with Crippen LogP contribution in [-0.4, -0.2) is 62.0 Å². The molecule has 1 N–H and O–H groups in total. The maximum atomic E-state index is 12.5. The fraction of sp³-hybridized carbons (Fsp3) is 0.389. The van der Waals surface area contributed by atoms with E-state index < -0.39 is 0 Å². The first-order valence-corrected chi connectivity index (χ1v) is 8.13.